The van der Waals surface area contributed by atoms with E-state index in [1.54, 1.807) is 7.05 Å². The van der Waals surface area contributed by atoms with Gasteiger partial charge in [-0.1, -0.05) is 0 Å². The smallest absolute Gasteiger partial charge is 0.271 e. The molecule has 1 aromatic carbocycles. The Morgan fingerprint density at radius 1 is 1.43 bits per heavy atom. The summed E-state index contributed by atoms with van der Waals surface area (Å²) in [6, 6.07) is 4.19. The maximum atomic E-state index is 10.4. The number of rotatable bonds is 4. The number of nitro groups is 1. The lowest BCUT2D eigenvalue weighted by Gasteiger charge is -2.06. The summed E-state index contributed by atoms with van der Waals surface area (Å²) in [5, 5.41) is 15.6. The number of anilines is 2. The van der Waals surface area contributed by atoms with Crippen LogP contribution in [-0.2, 0) is 4.79 Å². The molecule has 0 aliphatic heterocycles. The van der Waals surface area contributed by atoms with E-state index in [9.17, 15) is 14.9 Å². The molecule has 1 rings (SSSR count). The molecule has 74 valence electrons. The van der Waals surface area contributed by atoms with Crippen LogP contribution >= 0.6 is 0 Å². The Morgan fingerprint density at radius 2 is 2.14 bits per heavy atom. The van der Waals surface area contributed by atoms with Gasteiger partial charge in [-0.3, -0.25) is 14.9 Å². The first kappa shape index (κ1) is 9.97. The molecule has 6 heteroatoms. The van der Waals surface area contributed by atoms with Gasteiger partial charge in [0, 0.05) is 19.2 Å². The predicted octanol–water partition coefficient (Wildman–Crippen LogP) is 1.20. The van der Waals surface area contributed by atoms with Crippen molar-refractivity contribution in [1.82, 2.24) is 0 Å². The van der Waals surface area contributed by atoms with Crippen LogP contribution in [0.2, 0.25) is 0 Å². The molecule has 6 nitrogen and oxygen atoms in total. The lowest BCUT2D eigenvalue weighted by molar-refractivity contribution is -0.384. The van der Waals surface area contributed by atoms with Gasteiger partial charge < -0.3 is 10.6 Å². The summed E-state index contributed by atoms with van der Waals surface area (Å²) in [7, 11) is 1.66. The quantitative estimate of drug-likeness (QED) is 0.429. The maximum absolute atomic E-state index is 10.4. The van der Waals surface area contributed by atoms with Crippen LogP contribution in [0.1, 0.15) is 0 Å². The van der Waals surface area contributed by atoms with Gasteiger partial charge in [0.15, 0.2) is 0 Å². The van der Waals surface area contributed by atoms with Gasteiger partial charge in [0.2, 0.25) is 6.41 Å². The number of hydrogen-bond acceptors (Lipinski definition) is 4. The molecule has 0 fully saturated rings. The molecule has 14 heavy (non-hydrogen) atoms. The standard InChI is InChI=1S/C8H9N3O3/c1-9-7-3-2-6(11(13)14)4-8(7)10-5-12/h2-5,9H,1H3,(H,10,12). The summed E-state index contributed by atoms with van der Waals surface area (Å²) in [4.78, 5) is 20.1. The van der Waals surface area contributed by atoms with Crippen molar-refractivity contribution in [3.63, 3.8) is 0 Å². The third-order valence-corrected chi connectivity index (χ3v) is 1.70. The minimum absolute atomic E-state index is 0.0617. The van der Waals surface area contributed by atoms with E-state index in [-0.39, 0.29) is 5.69 Å². The van der Waals surface area contributed by atoms with Crippen LogP contribution in [0, 0.1) is 10.1 Å². The molecule has 0 aromatic heterocycles. The van der Waals surface area contributed by atoms with Crippen LogP contribution in [0.5, 0.6) is 0 Å². The Bertz CT molecular complexity index is 365. The van der Waals surface area contributed by atoms with Crippen molar-refractivity contribution in [2.45, 2.75) is 0 Å². The van der Waals surface area contributed by atoms with Gasteiger partial charge in [-0.15, -0.1) is 0 Å². The highest BCUT2D eigenvalue weighted by atomic mass is 16.6. The Hall–Kier alpha value is -2.11. The number of benzene rings is 1. The molecule has 1 aromatic rings. The highest BCUT2D eigenvalue weighted by Crippen LogP contribution is 2.25. The van der Waals surface area contributed by atoms with Gasteiger partial charge in [-0.25, -0.2) is 0 Å². The number of nitro benzene ring substituents is 1. The normalized spacial score (nSPS) is 9.21. The van der Waals surface area contributed by atoms with Crippen molar-refractivity contribution in [3.8, 4) is 0 Å². The van der Waals surface area contributed by atoms with E-state index in [1.165, 1.54) is 18.2 Å². The molecule has 0 saturated heterocycles. The number of nitrogens with zero attached hydrogens (tertiary/aromatic N) is 1. The third kappa shape index (κ3) is 1.98. The van der Waals surface area contributed by atoms with E-state index in [0.717, 1.165) is 0 Å². The Labute approximate surface area is 80.1 Å². The minimum Gasteiger partial charge on any atom is -0.386 e. The molecule has 0 spiro atoms. The van der Waals surface area contributed by atoms with Crippen molar-refractivity contribution in [1.29, 1.82) is 0 Å². The van der Waals surface area contributed by atoms with Crippen LogP contribution in [0.25, 0.3) is 0 Å². The summed E-state index contributed by atoms with van der Waals surface area (Å²) in [6.07, 6.45) is 0.472. The van der Waals surface area contributed by atoms with E-state index in [4.69, 9.17) is 0 Å². The van der Waals surface area contributed by atoms with Gasteiger partial charge >= 0.3 is 0 Å². The molecule has 0 heterocycles. The van der Waals surface area contributed by atoms with Crippen molar-refractivity contribution in [2.75, 3.05) is 17.7 Å². The van der Waals surface area contributed by atoms with Crippen molar-refractivity contribution in [3.05, 3.63) is 28.3 Å². The van der Waals surface area contributed by atoms with E-state index >= 15 is 0 Å². The summed E-state index contributed by atoms with van der Waals surface area (Å²) in [6.45, 7) is 0. The van der Waals surface area contributed by atoms with Gasteiger partial charge in [0.25, 0.3) is 5.69 Å². The van der Waals surface area contributed by atoms with Gasteiger partial charge in [0.1, 0.15) is 0 Å². The lowest BCUT2D eigenvalue weighted by atomic mass is 10.2. The molecule has 0 bridgehead atoms. The Morgan fingerprint density at radius 3 is 2.64 bits per heavy atom. The molecular weight excluding hydrogens is 186 g/mol. The first-order chi connectivity index (χ1) is 6.69. The average molecular weight is 195 g/mol. The second kappa shape index (κ2) is 4.22. The lowest BCUT2D eigenvalue weighted by Crippen LogP contribution is -2.00. The topological polar surface area (TPSA) is 84.3 Å². The monoisotopic (exact) mass is 195 g/mol. The van der Waals surface area contributed by atoms with Crippen molar-refractivity contribution in [2.24, 2.45) is 0 Å². The number of carbonyl (C=O) groups is 1. The van der Waals surface area contributed by atoms with Crippen LogP contribution < -0.4 is 10.6 Å². The number of hydrogen-bond donors (Lipinski definition) is 2. The van der Waals surface area contributed by atoms with Gasteiger partial charge in [0.05, 0.1) is 16.3 Å². The highest BCUT2D eigenvalue weighted by molar-refractivity contribution is 5.82. The van der Waals surface area contributed by atoms with Crippen molar-refractivity contribution >= 4 is 23.5 Å². The number of non-ortho nitro benzene ring substituents is 1. The average Bonchev–Trinajstić information content (AvgIpc) is 2.18. The molecule has 0 atom stereocenters. The maximum Gasteiger partial charge on any atom is 0.271 e. The number of amides is 1. The predicted molar refractivity (Wildman–Crippen MR) is 52.3 cm³/mol. The van der Waals surface area contributed by atoms with E-state index < -0.39 is 4.92 Å². The Balaban J connectivity index is 3.13. The van der Waals surface area contributed by atoms with Crippen LogP contribution in [0.3, 0.4) is 0 Å². The molecule has 0 aliphatic carbocycles. The zero-order valence-corrected chi connectivity index (χ0v) is 7.48. The number of carbonyl (C=O) groups excluding carboxylic acids is 1. The molecule has 0 saturated carbocycles. The summed E-state index contributed by atoms with van der Waals surface area (Å²) >= 11 is 0. The van der Waals surface area contributed by atoms with Gasteiger partial charge in [-0.05, 0) is 6.07 Å². The van der Waals surface area contributed by atoms with Crippen LogP contribution in [-0.4, -0.2) is 18.4 Å². The largest absolute Gasteiger partial charge is 0.386 e. The molecule has 0 aliphatic rings. The van der Waals surface area contributed by atoms with Crippen LogP contribution in [0.4, 0.5) is 17.1 Å². The minimum atomic E-state index is -0.518. The number of nitrogens with one attached hydrogen (secondary N) is 2. The Kier molecular flexibility index (Phi) is 3.01. The van der Waals surface area contributed by atoms with E-state index in [2.05, 4.69) is 10.6 Å². The van der Waals surface area contributed by atoms with Crippen LogP contribution in [0.15, 0.2) is 18.2 Å². The van der Waals surface area contributed by atoms with E-state index in [0.29, 0.717) is 17.8 Å². The second-order valence-corrected chi connectivity index (χ2v) is 2.50. The fraction of sp³-hybridized carbons (Fsp3) is 0.125. The third-order valence-electron chi connectivity index (χ3n) is 1.70. The fourth-order valence-electron chi connectivity index (χ4n) is 1.05. The van der Waals surface area contributed by atoms with Crippen molar-refractivity contribution < 1.29 is 9.72 Å². The van der Waals surface area contributed by atoms with E-state index in [1.807, 2.05) is 0 Å². The summed E-state index contributed by atoms with van der Waals surface area (Å²) in [5.41, 5.74) is 0.952. The molecule has 2 N–H and O–H groups in total. The highest BCUT2D eigenvalue weighted by Gasteiger charge is 2.09. The summed E-state index contributed by atoms with van der Waals surface area (Å²) in [5.74, 6) is 0. The summed E-state index contributed by atoms with van der Waals surface area (Å²) < 4.78 is 0. The zero-order chi connectivity index (χ0) is 10.6. The molecule has 1 amide bonds. The fourth-order valence-corrected chi connectivity index (χ4v) is 1.05. The molecule has 0 unspecified atom stereocenters. The van der Waals surface area contributed by atoms with Gasteiger partial charge in [-0.2, -0.15) is 0 Å². The molecule has 0 radical (unpaired) electrons. The first-order valence-corrected chi connectivity index (χ1v) is 3.85. The SMILES string of the molecule is CNc1ccc([N+](=O)[O-])cc1NC=O. The second-order valence-electron chi connectivity index (χ2n) is 2.50. The molecular formula is C8H9N3O3. The zero-order valence-electron chi connectivity index (χ0n) is 7.48. The first-order valence-electron chi connectivity index (χ1n) is 3.85.